The second kappa shape index (κ2) is 8.46. The molecule has 1 aliphatic heterocycles. The number of carbonyl (C=O) groups excluding carboxylic acids is 1. The number of unbranched alkanes of at least 4 members (excludes halogenated alkanes) is 1. The van der Waals surface area contributed by atoms with Crippen LogP contribution in [0.1, 0.15) is 25.7 Å². The fourth-order valence-electron chi connectivity index (χ4n) is 2.28. The Labute approximate surface area is 117 Å². The Bertz CT molecular complexity index is 297. The molecule has 4 nitrogen and oxygen atoms in total. The Morgan fingerprint density at radius 3 is 2.65 bits per heavy atom. The van der Waals surface area contributed by atoms with Crippen molar-refractivity contribution in [1.82, 2.24) is 4.90 Å². The quantitative estimate of drug-likeness (QED) is 0.533. The lowest BCUT2D eigenvalue weighted by Crippen LogP contribution is -2.43. The first-order valence-electron chi connectivity index (χ1n) is 6.87. The van der Waals surface area contributed by atoms with Crippen LogP contribution in [0.2, 0.25) is 0 Å². The van der Waals surface area contributed by atoms with Gasteiger partial charge in [-0.05, 0) is 32.2 Å². The summed E-state index contributed by atoms with van der Waals surface area (Å²) < 4.78 is 46.9. The molecule has 0 amide bonds. The summed E-state index contributed by atoms with van der Waals surface area (Å²) in [6.45, 7) is 0.483. The molecule has 0 spiro atoms. The predicted octanol–water partition coefficient (Wildman–Crippen LogP) is 2.23. The van der Waals surface area contributed by atoms with Gasteiger partial charge in [-0.1, -0.05) is 0 Å². The number of esters is 1. The Hall–Kier alpha value is -0.820. The normalized spacial score (nSPS) is 20.9. The number of rotatable bonds is 7. The van der Waals surface area contributed by atoms with Crippen LogP contribution in [0.3, 0.4) is 0 Å². The smallest absolute Gasteiger partial charge is 0.401 e. The van der Waals surface area contributed by atoms with E-state index in [1.165, 1.54) is 4.90 Å². The first kappa shape index (κ1) is 17.2. The molecule has 20 heavy (non-hydrogen) atoms. The van der Waals surface area contributed by atoms with Gasteiger partial charge in [0.25, 0.3) is 0 Å². The van der Waals surface area contributed by atoms with Gasteiger partial charge in [0.2, 0.25) is 0 Å². The van der Waals surface area contributed by atoms with E-state index >= 15 is 0 Å². The number of carbonyl (C=O) groups is 1. The van der Waals surface area contributed by atoms with Gasteiger partial charge >= 0.3 is 12.1 Å². The number of piperidine rings is 1. The zero-order chi connectivity index (χ0) is 15.0. The molecule has 0 N–H and O–H groups in total. The van der Waals surface area contributed by atoms with Crippen molar-refractivity contribution in [3.05, 3.63) is 0 Å². The Morgan fingerprint density at radius 1 is 1.30 bits per heavy atom. The van der Waals surface area contributed by atoms with Gasteiger partial charge in [-0.25, -0.2) is 0 Å². The summed E-state index contributed by atoms with van der Waals surface area (Å²) >= 11 is 0. The molecule has 0 aliphatic carbocycles. The van der Waals surface area contributed by atoms with Crippen molar-refractivity contribution in [2.24, 2.45) is 5.92 Å². The maximum absolute atomic E-state index is 12.3. The van der Waals surface area contributed by atoms with E-state index in [2.05, 4.69) is 0 Å². The molecule has 1 fully saturated rings. The topological polar surface area (TPSA) is 38.8 Å². The highest BCUT2D eigenvalue weighted by atomic mass is 19.4. The lowest BCUT2D eigenvalue weighted by molar-refractivity contribution is -0.160. The molecule has 0 bridgehead atoms. The van der Waals surface area contributed by atoms with Crippen LogP contribution in [0.15, 0.2) is 0 Å². The third-order valence-electron chi connectivity index (χ3n) is 3.23. The second-order valence-corrected chi connectivity index (χ2v) is 5.06. The Balaban J connectivity index is 2.26. The van der Waals surface area contributed by atoms with Crippen LogP contribution in [0, 0.1) is 5.92 Å². The van der Waals surface area contributed by atoms with Gasteiger partial charge in [0.05, 0.1) is 19.1 Å². The minimum absolute atomic E-state index is 0.135. The predicted molar refractivity (Wildman–Crippen MR) is 67.3 cm³/mol. The van der Waals surface area contributed by atoms with E-state index in [0.29, 0.717) is 39.0 Å². The molecule has 1 aliphatic rings. The van der Waals surface area contributed by atoms with E-state index in [1.54, 1.807) is 7.11 Å². The van der Waals surface area contributed by atoms with Crippen molar-refractivity contribution >= 4 is 5.97 Å². The lowest BCUT2D eigenvalue weighted by Gasteiger charge is -2.31. The molecule has 0 aromatic heterocycles. The molecule has 0 unspecified atom stereocenters. The highest BCUT2D eigenvalue weighted by Crippen LogP contribution is 2.23. The number of methoxy groups -OCH3 is 1. The Morgan fingerprint density at radius 2 is 2.00 bits per heavy atom. The van der Waals surface area contributed by atoms with E-state index in [1.807, 2.05) is 0 Å². The molecular formula is C13H22F3NO3. The van der Waals surface area contributed by atoms with Gasteiger partial charge in [0.15, 0.2) is 0 Å². The summed E-state index contributed by atoms with van der Waals surface area (Å²) in [5, 5.41) is 0. The highest BCUT2D eigenvalue weighted by Gasteiger charge is 2.35. The second-order valence-electron chi connectivity index (χ2n) is 5.06. The number of hydrogen-bond acceptors (Lipinski definition) is 4. The van der Waals surface area contributed by atoms with Gasteiger partial charge in [-0.2, -0.15) is 13.2 Å². The summed E-state index contributed by atoms with van der Waals surface area (Å²) in [7, 11) is 1.60. The van der Waals surface area contributed by atoms with Gasteiger partial charge in [-0.3, -0.25) is 9.69 Å². The number of hydrogen-bond donors (Lipinski definition) is 0. The van der Waals surface area contributed by atoms with Crippen LogP contribution >= 0.6 is 0 Å². The van der Waals surface area contributed by atoms with Crippen molar-refractivity contribution in [3.63, 3.8) is 0 Å². The summed E-state index contributed by atoms with van der Waals surface area (Å²) in [6, 6.07) is 0. The van der Waals surface area contributed by atoms with Gasteiger partial charge in [-0.15, -0.1) is 0 Å². The molecule has 1 saturated heterocycles. The molecule has 118 valence electrons. The number of likely N-dealkylation sites (tertiary alicyclic amines) is 1. The molecule has 1 rings (SSSR count). The van der Waals surface area contributed by atoms with E-state index in [-0.39, 0.29) is 12.5 Å². The minimum Gasteiger partial charge on any atom is -0.465 e. The maximum Gasteiger partial charge on any atom is 0.401 e. The summed E-state index contributed by atoms with van der Waals surface area (Å²) in [6.07, 6.45) is -1.51. The number of nitrogens with zero attached hydrogens (tertiary/aromatic N) is 1. The summed E-state index contributed by atoms with van der Waals surface area (Å²) in [4.78, 5) is 13.1. The van der Waals surface area contributed by atoms with Crippen LogP contribution in [-0.4, -0.2) is 57.0 Å². The monoisotopic (exact) mass is 297 g/mol. The average Bonchev–Trinajstić information content (AvgIpc) is 2.36. The first-order valence-corrected chi connectivity index (χ1v) is 6.87. The van der Waals surface area contributed by atoms with E-state index in [0.717, 1.165) is 6.42 Å². The summed E-state index contributed by atoms with van der Waals surface area (Å²) in [5.41, 5.74) is 0. The highest BCUT2D eigenvalue weighted by molar-refractivity contribution is 5.72. The van der Waals surface area contributed by atoms with Crippen molar-refractivity contribution in [1.29, 1.82) is 0 Å². The molecule has 0 saturated carbocycles. The van der Waals surface area contributed by atoms with Crippen LogP contribution in [0.5, 0.6) is 0 Å². The van der Waals surface area contributed by atoms with Crippen LogP contribution in [0.25, 0.3) is 0 Å². The standard InChI is InChI=1S/C13H22F3NO3/c1-19-7-2-3-8-20-12(18)11-5-4-6-17(9-11)10-13(14,15)16/h11H,2-10H2,1H3/t11-/m1/s1. The SMILES string of the molecule is COCCCCOC(=O)[C@@H]1CCCN(CC(F)(F)F)C1. The molecule has 7 heteroatoms. The molecule has 1 heterocycles. The maximum atomic E-state index is 12.3. The van der Waals surface area contributed by atoms with Gasteiger partial charge < -0.3 is 9.47 Å². The zero-order valence-electron chi connectivity index (χ0n) is 11.7. The van der Waals surface area contributed by atoms with Crippen molar-refractivity contribution < 1.29 is 27.4 Å². The van der Waals surface area contributed by atoms with Crippen LogP contribution in [-0.2, 0) is 14.3 Å². The molecule has 0 aromatic carbocycles. The Kier molecular flexibility index (Phi) is 7.29. The third-order valence-corrected chi connectivity index (χ3v) is 3.23. The first-order chi connectivity index (χ1) is 9.42. The zero-order valence-corrected chi connectivity index (χ0v) is 11.7. The molecule has 0 aromatic rings. The van der Waals surface area contributed by atoms with E-state index < -0.39 is 18.6 Å². The fraction of sp³-hybridized carbons (Fsp3) is 0.923. The van der Waals surface area contributed by atoms with Gasteiger partial charge in [0, 0.05) is 20.3 Å². The van der Waals surface area contributed by atoms with Crippen LogP contribution in [0.4, 0.5) is 13.2 Å². The van der Waals surface area contributed by atoms with Crippen molar-refractivity contribution in [2.75, 3.05) is 40.0 Å². The number of alkyl halides is 3. The number of halogens is 3. The molecule has 0 radical (unpaired) electrons. The number of ether oxygens (including phenoxy) is 2. The fourth-order valence-corrected chi connectivity index (χ4v) is 2.28. The van der Waals surface area contributed by atoms with E-state index in [4.69, 9.17) is 9.47 Å². The summed E-state index contributed by atoms with van der Waals surface area (Å²) in [5.74, 6) is -0.817. The average molecular weight is 297 g/mol. The largest absolute Gasteiger partial charge is 0.465 e. The third kappa shape index (κ3) is 7.09. The van der Waals surface area contributed by atoms with Gasteiger partial charge in [0.1, 0.15) is 0 Å². The van der Waals surface area contributed by atoms with Crippen LogP contribution < -0.4 is 0 Å². The van der Waals surface area contributed by atoms with Crippen molar-refractivity contribution in [2.45, 2.75) is 31.9 Å². The molecule has 1 atom stereocenters. The minimum atomic E-state index is -4.22. The molecular weight excluding hydrogens is 275 g/mol. The lowest BCUT2D eigenvalue weighted by atomic mass is 9.98. The van der Waals surface area contributed by atoms with Crippen molar-refractivity contribution in [3.8, 4) is 0 Å². The van der Waals surface area contributed by atoms with E-state index in [9.17, 15) is 18.0 Å².